The summed E-state index contributed by atoms with van der Waals surface area (Å²) in [6, 6.07) is 24.7. The van der Waals surface area contributed by atoms with E-state index in [-0.39, 0.29) is 47.9 Å². The Kier molecular flexibility index (Phi) is 13.4. The normalized spacial score (nSPS) is 16.3. The van der Waals surface area contributed by atoms with Gasteiger partial charge in [0.25, 0.3) is 0 Å². The number of carbonyl (C=O) groups excluding carboxylic acids is 1. The molecule has 0 spiro atoms. The number of allylic oxidation sites excluding steroid dienone is 2. The molecule has 56 heavy (non-hydrogen) atoms. The van der Waals surface area contributed by atoms with Gasteiger partial charge in [-0.2, -0.15) is 0 Å². The Labute approximate surface area is 360 Å². The van der Waals surface area contributed by atoms with Crippen molar-refractivity contribution in [2.75, 3.05) is 0 Å². The van der Waals surface area contributed by atoms with Gasteiger partial charge in [0.2, 0.25) is 0 Å². The van der Waals surface area contributed by atoms with Crippen LogP contribution < -0.4 is 0 Å². The van der Waals surface area contributed by atoms with E-state index in [9.17, 15) is 9.90 Å². The molecule has 2 aromatic heterocycles. The van der Waals surface area contributed by atoms with Gasteiger partial charge in [-0.3, -0.25) is 9.78 Å². The molecule has 3 aromatic carbocycles. The largest absolute Gasteiger partial charge is 0.512 e. The zero-order chi connectivity index (χ0) is 42.8. The molecule has 1 radical (unpaired) electrons. The fraction of sp³-hybridized carbons (Fsp3) is 0.490. The Morgan fingerprint density at radius 1 is 0.911 bits per heavy atom. The Bertz CT molecular complexity index is 2240. The predicted molar refractivity (Wildman–Crippen MR) is 238 cm³/mol. The molecule has 0 atom stereocenters. The summed E-state index contributed by atoms with van der Waals surface area (Å²) in [5, 5.41) is 13.1. The van der Waals surface area contributed by atoms with Crippen molar-refractivity contribution < 1.29 is 34.1 Å². The molecular weight excluding hydrogens is 883 g/mol. The number of aryl methyl sites for hydroxylation is 1. The van der Waals surface area contributed by atoms with Crippen molar-refractivity contribution in [3.63, 3.8) is 0 Å². The van der Waals surface area contributed by atoms with Gasteiger partial charge >= 0.3 is 0 Å². The number of aliphatic hydroxyl groups is 1. The van der Waals surface area contributed by atoms with E-state index >= 15 is 0 Å². The summed E-state index contributed by atoms with van der Waals surface area (Å²) in [5.41, 5.74) is 5.43. The third-order valence-corrected chi connectivity index (χ3v) is 14.3. The van der Waals surface area contributed by atoms with Gasteiger partial charge in [0, 0.05) is 62.6 Å². The molecule has 303 valence electrons. The fourth-order valence-corrected chi connectivity index (χ4v) is 8.93. The van der Waals surface area contributed by atoms with Crippen LogP contribution in [-0.2, 0) is 30.3 Å². The molecule has 2 heterocycles. The van der Waals surface area contributed by atoms with Crippen LogP contribution in [0.5, 0.6) is 0 Å². The number of nitrogens with zero attached hydrogens (tertiary/aromatic N) is 1. The first-order valence-electron chi connectivity index (χ1n) is 22.0. The van der Waals surface area contributed by atoms with E-state index in [4.69, 9.17) is 9.10 Å². The number of hydrogen-bond donors (Lipinski definition) is 1. The maximum absolute atomic E-state index is 12.2. The van der Waals surface area contributed by atoms with Gasteiger partial charge in [-0.1, -0.05) is 130 Å². The summed E-state index contributed by atoms with van der Waals surface area (Å²) in [6.07, 6.45) is 11.4. The Hall–Kier alpha value is -3.11. The summed E-state index contributed by atoms with van der Waals surface area (Å²) in [5.74, 6) is 0.867. The van der Waals surface area contributed by atoms with Crippen molar-refractivity contribution in [2.45, 2.75) is 146 Å². The number of carbonyl (C=O) groups is 1. The minimum absolute atomic E-state index is 0. The minimum atomic E-state index is -2.25. The molecule has 0 saturated heterocycles. The fourth-order valence-electron chi connectivity index (χ4n) is 7.72. The molecule has 5 aromatic rings. The molecule has 1 N–H and O–H groups in total. The maximum atomic E-state index is 12.2. The van der Waals surface area contributed by atoms with Crippen LogP contribution in [0, 0.1) is 29.2 Å². The quantitative estimate of drug-likeness (QED) is 0.0862. The van der Waals surface area contributed by atoms with Crippen LogP contribution >= 0.6 is 11.3 Å². The molecule has 5 heteroatoms. The molecule has 1 aliphatic carbocycles. The summed E-state index contributed by atoms with van der Waals surface area (Å²) < 4.78 is 26.4. The zero-order valence-electron chi connectivity index (χ0n) is 38.7. The van der Waals surface area contributed by atoms with Crippen molar-refractivity contribution in [3.05, 3.63) is 101 Å². The number of pyridine rings is 1. The number of aliphatic hydroxyl groups excluding tert-OH is 1. The molecule has 1 aliphatic rings. The van der Waals surface area contributed by atoms with Gasteiger partial charge in [-0.05, 0) is 103 Å². The predicted octanol–water partition coefficient (Wildman–Crippen LogP) is 15.5. The summed E-state index contributed by atoms with van der Waals surface area (Å²) in [6.45, 7) is 21.2. The second-order valence-electron chi connectivity index (χ2n) is 18.2. The third kappa shape index (κ3) is 9.77. The average molecular weight is 952 g/mol. The number of fused-ring (bicyclic) bond motifs is 2. The number of hydrogen-bond acceptors (Lipinski definition) is 4. The van der Waals surface area contributed by atoms with E-state index in [1.54, 1.807) is 17.5 Å². The topological polar surface area (TPSA) is 50.2 Å². The van der Waals surface area contributed by atoms with Crippen LogP contribution in [-0.4, -0.2) is 15.9 Å². The van der Waals surface area contributed by atoms with Crippen molar-refractivity contribution in [3.8, 4) is 21.7 Å². The van der Waals surface area contributed by atoms with Crippen molar-refractivity contribution in [1.29, 1.82) is 0 Å². The number of aromatic nitrogens is 1. The first-order chi connectivity index (χ1) is 27.1. The summed E-state index contributed by atoms with van der Waals surface area (Å²) >= 11 is 1.54. The van der Waals surface area contributed by atoms with E-state index in [0.29, 0.717) is 16.9 Å². The second kappa shape index (κ2) is 18.2. The van der Waals surface area contributed by atoms with Gasteiger partial charge < -0.3 is 5.11 Å². The zero-order valence-corrected chi connectivity index (χ0v) is 38.9. The van der Waals surface area contributed by atoms with E-state index in [2.05, 4.69) is 89.2 Å². The first-order valence-corrected chi connectivity index (χ1v) is 21.4. The monoisotopic (exact) mass is 952 g/mol. The van der Waals surface area contributed by atoms with E-state index in [1.807, 2.05) is 53.7 Å². The average Bonchev–Trinajstić information content (AvgIpc) is 3.61. The first kappa shape index (κ1) is 41.1. The van der Waals surface area contributed by atoms with Gasteiger partial charge in [0.15, 0.2) is 5.78 Å². The molecule has 1 fully saturated rings. The third-order valence-electron chi connectivity index (χ3n) is 13.0. The molecule has 3 nitrogen and oxygen atoms in total. The molecular formula is C51H66IrNO2S-. The maximum Gasteiger partial charge on any atom is 0.164 e. The number of thiophene rings is 1. The van der Waals surface area contributed by atoms with Crippen molar-refractivity contribution in [2.24, 2.45) is 16.2 Å². The van der Waals surface area contributed by atoms with Gasteiger partial charge in [-0.15, -0.1) is 40.5 Å². The Morgan fingerprint density at radius 2 is 1.52 bits per heavy atom. The van der Waals surface area contributed by atoms with Crippen molar-refractivity contribution >= 4 is 38.0 Å². The van der Waals surface area contributed by atoms with Crippen LogP contribution in [0.3, 0.4) is 0 Å². The number of ketones is 1. The SMILES string of the molecule is CCC(C)(CC)C(=O)/C=C(\O)C(C)(CC)CC.[2H]C([2H])([2H])c1c(-c2ccc(C3CCC(C)(C)CC3)cc2)sc2c(-c3[c-]c4ccccc4c(C(C)(C)C)c3)nccc12.[Ir]. The molecule has 0 amide bonds. The molecule has 0 bridgehead atoms. The smallest absolute Gasteiger partial charge is 0.164 e. The number of benzene rings is 3. The number of rotatable bonds is 10. The van der Waals surface area contributed by atoms with E-state index in [0.717, 1.165) is 62.9 Å². The van der Waals surface area contributed by atoms with Crippen LogP contribution in [0.25, 0.3) is 42.6 Å². The second-order valence-corrected chi connectivity index (χ2v) is 19.2. The van der Waals surface area contributed by atoms with Crippen LogP contribution in [0.15, 0.2) is 78.7 Å². The van der Waals surface area contributed by atoms with Crippen LogP contribution in [0.1, 0.15) is 154 Å². The summed E-state index contributed by atoms with van der Waals surface area (Å²) in [7, 11) is 0. The van der Waals surface area contributed by atoms with Gasteiger partial charge in [0.1, 0.15) is 5.76 Å². The standard InChI is InChI=1S/C36H38NS.C15H28O2.Ir/c1-23-29-17-20-37-32(28-21-27-9-7-8-10-30(27)31(22-28)35(2,3)4)34(29)38-33(23)26-13-11-24(12-14-26)25-15-18-36(5,6)19-16-25;1-7-14(5,8-2)12(16)11-13(17)15(6,9-3)10-4;/h7-14,17,20,22,25H,15-16,18-19H2,1-6H3;11,16H,7-10H2,1-6H3;/q-1;;/b;12-11-;/i1D3;;. The van der Waals surface area contributed by atoms with Crippen molar-refractivity contribution in [1.82, 2.24) is 4.98 Å². The van der Waals surface area contributed by atoms with E-state index < -0.39 is 6.85 Å². The molecule has 6 rings (SSSR count). The van der Waals surface area contributed by atoms with Gasteiger partial charge in [-0.25, -0.2) is 0 Å². The van der Waals surface area contributed by atoms with Crippen LogP contribution in [0.4, 0.5) is 0 Å². The molecule has 1 saturated carbocycles. The van der Waals surface area contributed by atoms with Gasteiger partial charge in [0.05, 0.1) is 0 Å². The summed E-state index contributed by atoms with van der Waals surface area (Å²) in [4.78, 5) is 17.8. The Morgan fingerprint density at radius 3 is 2.09 bits per heavy atom. The molecule has 0 unspecified atom stereocenters. The molecule has 0 aliphatic heterocycles. The minimum Gasteiger partial charge on any atom is -0.512 e. The van der Waals surface area contributed by atoms with Crippen LogP contribution in [0.2, 0.25) is 0 Å². The van der Waals surface area contributed by atoms with E-state index in [1.165, 1.54) is 48.3 Å². The Balaban J connectivity index is 0.000000364.